The van der Waals surface area contributed by atoms with E-state index < -0.39 is 41.5 Å². The molecule has 0 saturated carbocycles. The molecule has 1 aromatic heterocycles. The van der Waals surface area contributed by atoms with Gasteiger partial charge in [-0.1, -0.05) is 36.8 Å². The molecule has 0 aliphatic carbocycles. The zero-order chi connectivity index (χ0) is 22.2. The first-order valence-corrected chi connectivity index (χ1v) is 11.0. The van der Waals surface area contributed by atoms with Crippen LogP contribution >= 0.6 is 0 Å². The number of furan rings is 1. The summed E-state index contributed by atoms with van der Waals surface area (Å²) in [7, 11) is 0. The molecule has 2 bridgehead atoms. The Kier molecular flexibility index (Phi) is 4.05. The Morgan fingerprint density at radius 2 is 1.97 bits per heavy atom. The monoisotopic (exact) mass is 432 g/mol. The van der Waals surface area contributed by atoms with Gasteiger partial charge in [0.2, 0.25) is 11.8 Å². The van der Waals surface area contributed by atoms with Crippen LogP contribution in [0.2, 0.25) is 0 Å². The second-order valence-corrected chi connectivity index (χ2v) is 9.33. The van der Waals surface area contributed by atoms with Crippen LogP contribution in [0.5, 0.6) is 0 Å². The molecule has 7 nitrogen and oxygen atoms in total. The van der Waals surface area contributed by atoms with Gasteiger partial charge in [0.25, 0.3) is 0 Å². The Hall–Kier alpha value is -3.19. The molecule has 4 aliphatic rings. The van der Waals surface area contributed by atoms with Crippen LogP contribution in [0.1, 0.15) is 30.7 Å². The SMILES string of the molecule is Cc1ccc(NC(=O)[C@H]2[C@H]3C(=O)N4[C@@H](c5ccco5)CC(=O)[C@H](C)[C@@H]4[C@]34C=C[C@H]2O4)cc1. The first-order valence-electron chi connectivity index (χ1n) is 11.0. The Labute approximate surface area is 185 Å². The van der Waals surface area contributed by atoms with E-state index in [4.69, 9.17) is 9.15 Å². The van der Waals surface area contributed by atoms with Crippen LogP contribution in [0.15, 0.2) is 59.2 Å². The van der Waals surface area contributed by atoms with E-state index in [1.165, 1.54) is 0 Å². The van der Waals surface area contributed by atoms with E-state index in [1.54, 1.807) is 23.3 Å². The molecule has 4 aliphatic heterocycles. The van der Waals surface area contributed by atoms with Gasteiger partial charge in [-0.05, 0) is 31.2 Å². The summed E-state index contributed by atoms with van der Waals surface area (Å²) in [5.41, 5.74) is 0.803. The third-order valence-electron chi connectivity index (χ3n) is 7.57. The molecule has 6 rings (SSSR count). The van der Waals surface area contributed by atoms with Crippen molar-refractivity contribution in [3.8, 4) is 0 Å². The summed E-state index contributed by atoms with van der Waals surface area (Å²) in [6.07, 6.45) is 5.05. The van der Waals surface area contributed by atoms with Crippen LogP contribution in [0, 0.1) is 24.7 Å². The number of fused-ring (bicyclic) bond motifs is 2. The molecule has 164 valence electrons. The number of rotatable bonds is 3. The maximum atomic E-state index is 13.9. The molecule has 7 heteroatoms. The van der Waals surface area contributed by atoms with Gasteiger partial charge in [-0.2, -0.15) is 0 Å². The van der Waals surface area contributed by atoms with E-state index in [1.807, 2.05) is 50.3 Å². The number of ketones is 1. The lowest BCUT2D eigenvalue weighted by atomic mass is 9.70. The van der Waals surface area contributed by atoms with Crippen molar-refractivity contribution in [2.24, 2.45) is 17.8 Å². The number of aryl methyl sites for hydroxylation is 1. The first kappa shape index (κ1) is 19.5. The Morgan fingerprint density at radius 3 is 2.69 bits per heavy atom. The van der Waals surface area contributed by atoms with E-state index in [-0.39, 0.29) is 24.0 Å². The number of benzene rings is 1. The fourth-order valence-corrected chi connectivity index (χ4v) is 6.13. The average molecular weight is 432 g/mol. The predicted molar refractivity (Wildman–Crippen MR) is 114 cm³/mol. The first-order chi connectivity index (χ1) is 15.4. The largest absolute Gasteiger partial charge is 0.467 e. The van der Waals surface area contributed by atoms with Crippen molar-refractivity contribution in [2.45, 2.75) is 44.1 Å². The molecule has 2 aromatic rings. The molecule has 1 aromatic carbocycles. The van der Waals surface area contributed by atoms with Crippen molar-refractivity contribution in [2.75, 3.05) is 5.32 Å². The third-order valence-corrected chi connectivity index (χ3v) is 7.57. The lowest BCUT2D eigenvalue weighted by Gasteiger charge is -2.43. The van der Waals surface area contributed by atoms with E-state index in [0.717, 1.165) is 5.56 Å². The Bertz CT molecular complexity index is 1140. The highest BCUT2D eigenvalue weighted by molar-refractivity contribution is 6.00. The van der Waals surface area contributed by atoms with Crippen LogP contribution in [-0.2, 0) is 19.1 Å². The van der Waals surface area contributed by atoms with E-state index in [0.29, 0.717) is 11.4 Å². The fourth-order valence-electron chi connectivity index (χ4n) is 6.13. The van der Waals surface area contributed by atoms with Gasteiger partial charge >= 0.3 is 0 Å². The zero-order valence-electron chi connectivity index (χ0n) is 17.9. The zero-order valence-corrected chi connectivity index (χ0v) is 17.9. The number of ether oxygens (including phenoxy) is 1. The molecule has 0 radical (unpaired) electrons. The van der Waals surface area contributed by atoms with Crippen LogP contribution in [0.25, 0.3) is 0 Å². The Balaban J connectivity index is 1.38. The van der Waals surface area contributed by atoms with E-state index >= 15 is 0 Å². The maximum absolute atomic E-state index is 13.9. The second-order valence-electron chi connectivity index (χ2n) is 9.33. The van der Waals surface area contributed by atoms with Crippen molar-refractivity contribution < 1.29 is 23.5 Å². The molecule has 0 unspecified atom stereocenters. The van der Waals surface area contributed by atoms with E-state index in [9.17, 15) is 14.4 Å². The number of carbonyl (C=O) groups excluding carboxylic acids is 3. The van der Waals surface area contributed by atoms with Crippen molar-refractivity contribution >= 4 is 23.3 Å². The van der Waals surface area contributed by atoms with Crippen molar-refractivity contribution in [1.82, 2.24) is 4.90 Å². The quantitative estimate of drug-likeness (QED) is 0.754. The summed E-state index contributed by atoms with van der Waals surface area (Å²) in [6.45, 7) is 3.84. The normalized spacial score (nSPS) is 37.0. The summed E-state index contributed by atoms with van der Waals surface area (Å²) in [5, 5.41) is 2.96. The van der Waals surface area contributed by atoms with Crippen molar-refractivity contribution in [3.63, 3.8) is 0 Å². The van der Waals surface area contributed by atoms with E-state index in [2.05, 4.69) is 5.32 Å². The molecule has 32 heavy (non-hydrogen) atoms. The van der Waals surface area contributed by atoms with Crippen molar-refractivity contribution in [3.05, 3.63) is 66.1 Å². The van der Waals surface area contributed by atoms with Crippen LogP contribution in [0.4, 0.5) is 5.69 Å². The van der Waals surface area contributed by atoms with Gasteiger partial charge in [0, 0.05) is 18.0 Å². The molecule has 3 fully saturated rings. The smallest absolute Gasteiger partial charge is 0.231 e. The summed E-state index contributed by atoms with van der Waals surface area (Å²) >= 11 is 0. The number of piperidine rings is 1. The topological polar surface area (TPSA) is 88.9 Å². The number of nitrogens with one attached hydrogen (secondary N) is 1. The van der Waals surface area contributed by atoms with Gasteiger partial charge in [-0.25, -0.2) is 0 Å². The molecular weight excluding hydrogens is 408 g/mol. The average Bonchev–Trinajstić information content (AvgIpc) is 3.54. The molecule has 5 heterocycles. The minimum absolute atomic E-state index is 0.0727. The summed E-state index contributed by atoms with van der Waals surface area (Å²) in [6, 6.07) is 10.2. The minimum atomic E-state index is -0.975. The van der Waals surface area contributed by atoms with Gasteiger partial charge in [0.05, 0.1) is 36.3 Å². The molecule has 1 N–H and O–H groups in total. The second kappa shape index (κ2) is 6.65. The minimum Gasteiger partial charge on any atom is -0.467 e. The molecule has 1 spiro atoms. The molecule has 7 atom stereocenters. The highest BCUT2D eigenvalue weighted by Gasteiger charge is 2.74. The fraction of sp³-hybridized carbons (Fsp3) is 0.400. The number of hydrogen-bond acceptors (Lipinski definition) is 5. The maximum Gasteiger partial charge on any atom is 0.231 e. The number of amides is 2. The molecule has 3 saturated heterocycles. The number of nitrogens with zero attached hydrogens (tertiary/aromatic N) is 1. The van der Waals surface area contributed by atoms with Gasteiger partial charge < -0.3 is 19.4 Å². The van der Waals surface area contributed by atoms with Crippen LogP contribution in [-0.4, -0.2) is 40.2 Å². The standard InChI is InChI=1S/C25H24N2O5/c1-13-5-7-15(8-6-13)26-23(29)20-19-9-10-25(32-19)21(20)24(30)27-16(18-4-3-11-31-18)12-17(28)14(2)22(25)27/h3-11,14,16,19-22H,12H2,1-2H3,(H,26,29)/t14-,16+,19+,20+,21-,22+,25-/m0/s1. The number of hydrogen-bond donors (Lipinski definition) is 1. The predicted octanol–water partition coefficient (Wildman–Crippen LogP) is 3.03. The van der Waals surface area contributed by atoms with Gasteiger partial charge in [0.15, 0.2) is 0 Å². The molecular formula is C25H24N2O5. The number of anilines is 1. The number of Topliss-reactive ketones (excluding diaryl/α,β-unsaturated/α-hetero) is 1. The highest BCUT2D eigenvalue weighted by Crippen LogP contribution is 2.59. The lowest BCUT2D eigenvalue weighted by Crippen LogP contribution is -2.55. The van der Waals surface area contributed by atoms with Crippen molar-refractivity contribution in [1.29, 1.82) is 0 Å². The number of carbonyl (C=O) groups is 3. The van der Waals surface area contributed by atoms with Crippen LogP contribution < -0.4 is 5.32 Å². The molecule has 2 amide bonds. The van der Waals surface area contributed by atoms with Crippen LogP contribution in [0.3, 0.4) is 0 Å². The summed E-state index contributed by atoms with van der Waals surface area (Å²) in [4.78, 5) is 41.9. The summed E-state index contributed by atoms with van der Waals surface area (Å²) < 4.78 is 12.0. The van der Waals surface area contributed by atoms with Gasteiger partial charge in [-0.3, -0.25) is 14.4 Å². The third kappa shape index (κ3) is 2.48. The summed E-state index contributed by atoms with van der Waals surface area (Å²) in [5.74, 6) is -1.44. The highest BCUT2D eigenvalue weighted by atomic mass is 16.5. The Morgan fingerprint density at radius 1 is 1.19 bits per heavy atom. The van der Waals surface area contributed by atoms with Gasteiger partial charge in [0.1, 0.15) is 17.1 Å². The van der Waals surface area contributed by atoms with Gasteiger partial charge in [-0.15, -0.1) is 0 Å². The lowest BCUT2D eigenvalue weighted by molar-refractivity contribution is -0.147.